The summed E-state index contributed by atoms with van der Waals surface area (Å²) in [5.41, 5.74) is 1.32. The molecule has 0 saturated carbocycles. The molecule has 0 aliphatic carbocycles. The minimum Gasteiger partial charge on any atom is -0.481 e. The third-order valence-corrected chi connectivity index (χ3v) is 3.79. The van der Waals surface area contributed by atoms with Crippen LogP contribution in [0.2, 0.25) is 0 Å². The molecule has 0 fully saturated rings. The summed E-state index contributed by atoms with van der Waals surface area (Å²) in [5, 5.41) is 11.9. The number of nitrogens with zero attached hydrogens (tertiary/aromatic N) is 2. The van der Waals surface area contributed by atoms with Crippen molar-refractivity contribution >= 4 is 5.97 Å². The van der Waals surface area contributed by atoms with Gasteiger partial charge in [-0.05, 0) is 18.9 Å². The summed E-state index contributed by atoms with van der Waals surface area (Å²) in [7, 11) is 1.53. The van der Waals surface area contributed by atoms with Crippen LogP contribution in [0, 0.1) is 0 Å². The number of hydrogen-bond donors (Lipinski definition) is 2. The number of methoxy groups -OCH3 is 1. The first-order valence-corrected chi connectivity index (χ1v) is 8.12. The van der Waals surface area contributed by atoms with Gasteiger partial charge in [-0.15, -0.1) is 0 Å². The standard InChI is InChI=1S/C17H23N3O5/c1-3-25-17(23)9-13(12-4-5-15(24-2)18-11-12)8-14-10-16(22)20(19-14)6-7-21/h4-5,10-11,13,19,21H,3,6-9H2,1-2H3/t13-/m1/s1. The highest BCUT2D eigenvalue weighted by molar-refractivity contribution is 5.70. The van der Waals surface area contributed by atoms with Gasteiger partial charge in [-0.3, -0.25) is 19.4 Å². The van der Waals surface area contributed by atoms with Gasteiger partial charge < -0.3 is 14.6 Å². The molecule has 0 saturated heterocycles. The molecule has 0 aromatic carbocycles. The number of carbonyl (C=O) groups is 1. The number of rotatable bonds is 9. The molecule has 0 aliphatic heterocycles. The van der Waals surface area contributed by atoms with Crippen LogP contribution >= 0.6 is 0 Å². The van der Waals surface area contributed by atoms with E-state index < -0.39 is 0 Å². The lowest BCUT2D eigenvalue weighted by atomic mass is 9.92. The van der Waals surface area contributed by atoms with Crippen molar-refractivity contribution in [3.63, 3.8) is 0 Å². The second kappa shape index (κ2) is 9.03. The predicted octanol–water partition coefficient (Wildman–Crippen LogP) is 0.852. The molecule has 0 spiro atoms. The number of aromatic amines is 1. The molecule has 136 valence electrons. The van der Waals surface area contributed by atoms with E-state index in [0.717, 1.165) is 5.56 Å². The van der Waals surface area contributed by atoms with Crippen LogP contribution in [0.4, 0.5) is 0 Å². The van der Waals surface area contributed by atoms with Crippen LogP contribution in [-0.4, -0.2) is 46.2 Å². The van der Waals surface area contributed by atoms with E-state index in [2.05, 4.69) is 10.1 Å². The van der Waals surface area contributed by atoms with E-state index in [9.17, 15) is 9.59 Å². The molecule has 0 amide bonds. The second-order valence-corrected chi connectivity index (χ2v) is 5.54. The molecule has 2 N–H and O–H groups in total. The van der Waals surface area contributed by atoms with Crippen LogP contribution in [0.25, 0.3) is 0 Å². The van der Waals surface area contributed by atoms with Crippen molar-refractivity contribution in [3.05, 3.63) is 46.0 Å². The Bertz CT molecular complexity index is 735. The molecule has 25 heavy (non-hydrogen) atoms. The third-order valence-electron chi connectivity index (χ3n) is 3.79. The zero-order chi connectivity index (χ0) is 18.2. The summed E-state index contributed by atoms with van der Waals surface area (Å²) in [4.78, 5) is 28.0. The van der Waals surface area contributed by atoms with Gasteiger partial charge in [0.05, 0.1) is 33.3 Å². The molecule has 8 nitrogen and oxygen atoms in total. The predicted molar refractivity (Wildman–Crippen MR) is 90.6 cm³/mol. The maximum atomic E-state index is 11.9. The second-order valence-electron chi connectivity index (χ2n) is 5.54. The Kier molecular flexibility index (Phi) is 6.76. The Balaban J connectivity index is 2.22. The number of nitrogens with one attached hydrogen (secondary N) is 1. The van der Waals surface area contributed by atoms with Crippen LogP contribution < -0.4 is 10.3 Å². The quantitative estimate of drug-likeness (QED) is 0.650. The highest BCUT2D eigenvalue weighted by Crippen LogP contribution is 2.25. The van der Waals surface area contributed by atoms with Crippen molar-refractivity contribution < 1.29 is 19.4 Å². The van der Waals surface area contributed by atoms with Crippen LogP contribution in [-0.2, 0) is 22.5 Å². The normalized spacial score (nSPS) is 12.0. The molecule has 0 unspecified atom stereocenters. The van der Waals surface area contributed by atoms with Crippen LogP contribution in [0.3, 0.4) is 0 Å². The molecule has 1 atom stereocenters. The highest BCUT2D eigenvalue weighted by Gasteiger charge is 2.20. The number of ether oxygens (including phenoxy) is 2. The van der Waals surface area contributed by atoms with Crippen molar-refractivity contribution in [2.24, 2.45) is 0 Å². The van der Waals surface area contributed by atoms with Gasteiger partial charge in [-0.1, -0.05) is 6.07 Å². The minimum atomic E-state index is -0.305. The first kappa shape index (κ1) is 18.7. The fourth-order valence-electron chi connectivity index (χ4n) is 2.61. The SMILES string of the molecule is CCOC(=O)C[C@@H](Cc1cc(=O)n(CCO)[nH]1)c1ccc(OC)nc1. The highest BCUT2D eigenvalue weighted by atomic mass is 16.5. The van der Waals surface area contributed by atoms with E-state index in [1.54, 1.807) is 19.2 Å². The van der Waals surface area contributed by atoms with Gasteiger partial charge in [-0.2, -0.15) is 0 Å². The lowest BCUT2D eigenvalue weighted by Gasteiger charge is -2.16. The summed E-state index contributed by atoms with van der Waals surface area (Å²) in [6.07, 6.45) is 2.28. The molecular weight excluding hydrogens is 326 g/mol. The maximum Gasteiger partial charge on any atom is 0.306 e. The first-order chi connectivity index (χ1) is 12.1. The molecule has 2 heterocycles. The fraction of sp³-hybridized carbons (Fsp3) is 0.471. The molecule has 2 aromatic rings. The number of aliphatic hydroxyl groups is 1. The van der Waals surface area contributed by atoms with Crippen LogP contribution in [0.1, 0.15) is 30.5 Å². The molecule has 2 aromatic heterocycles. The van der Waals surface area contributed by atoms with Gasteiger partial charge in [0, 0.05) is 29.9 Å². The first-order valence-electron chi connectivity index (χ1n) is 8.12. The number of hydrogen-bond acceptors (Lipinski definition) is 6. The van der Waals surface area contributed by atoms with E-state index >= 15 is 0 Å². The van der Waals surface area contributed by atoms with E-state index in [-0.39, 0.29) is 37.0 Å². The van der Waals surface area contributed by atoms with E-state index in [0.29, 0.717) is 24.6 Å². The molecular formula is C17H23N3O5. The number of esters is 1. The monoisotopic (exact) mass is 349 g/mol. The summed E-state index contributed by atoms with van der Waals surface area (Å²) in [6, 6.07) is 5.05. The smallest absolute Gasteiger partial charge is 0.306 e. The number of aromatic nitrogens is 3. The summed E-state index contributed by atoms with van der Waals surface area (Å²) < 4.78 is 11.4. The van der Waals surface area contributed by atoms with Crippen LogP contribution in [0.15, 0.2) is 29.2 Å². The Morgan fingerprint density at radius 2 is 2.24 bits per heavy atom. The molecule has 0 bridgehead atoms. The molecule has 8 heteroatoms. The van der Waals surface area contributed by atoms with Gasteiger partial charge in [0.2, 0.25) is 5.88 Å². The Morgan fingerprint density at radius 1 is 1.44 bits per heavy atom. The maximum absolute atomic E-state index is 11.9. The summed E-state index contributed by atoms with van der Waals surface area (Å²) in [5.74, 6) is -0.0142. The largest absolute Gasteiger partial charge is 0.481 e. The average molecular weight is 349 g/mol. The Labute approximate surface area is 145 Å². The number of pyridine rings is 1. The van der Waals surface area contributed by atoms with Gasteiger partial charge in [0.15, 0.2) is 0 Å². The number of H-pyrrole nitrogens is 1. The number of aliphatic hydroxyl groups excluding tert-OH is 1. The topological polar surface area (TPSA) is 106 Å². The van der Waals surface area contributed by atoms with Gasteiger partial charge >= 0.3 is 5.97 Å². The molecule has 0 radical (unpaired) electrons. The van der Waals surface area contributed by atoms with E-state index in [4.69, 9.17) is 14.6 Å². The average Bonchev–Trinajstić information content (AvgIpc) is 2.94. The Hall–Kier alpha value is -2.61. The van der Waals surface area contributed by atoms with Gasteiger partial charge in [-0.25, -0.2) is 4.98 Å². The third kappa shape index (κ3) is 5.18. The fourth-order valence-corrected chi connectivity index (χ4v) is 2.61. The van der Waals surface area contributed by atoms with Gasteiger partial charge in [0.1, 0.15) is 0 Å². The summed E-state index contributed by atoms with van der Waals surface area (Å²) >= 11 is 0. The van der Waals surface area contributed by atoms with E-state index in [1.807, 2.05) is 6.07 Å². The van der Waals surface area contributed by atoms with Crippen molar-refractivity contribution in [2.75, 3.05) is 20.3 Å². The summed E-state index contributed by atoms with van der Waals surface area (Å²) in [6.45, 7) is 2.14. The van der Waals surface area contributed by atoms with Gasteiger partial charge in [0.25, 0.3) is 5.56 Å². The molecule has 2 rings (SSSR count). The molecule has 0 aliphatic rings. The Morgan fingerprint density at radius 3 is 2.84 bits per heavy atom. The van der Waals surface area contributed by atoms with Crippen molar-refractivity contribution in [3.8, 4) is 5.88 Å². The van der Waals surface area contributed by atoms with E-state index in [1.165, 1.54) is 17.9 Å². The lowest BCUT2D eigenvalue weighted by molar-refractivity contribution is -0.143. The van der Waals surface area contributed by atoms with Crippen LogP contribution in [0.5, 0.6) is 5.88 Å². The van der Waals surface area contributed by atoms with Crippen molar-refractivity contribution in [2.45, 2.75) is 32.2 Å². The number of carbonyl (C=O) groups excluding carboxylic acids is 1. The van der Waals surface area contributed by atoms with Crippen molar-refractivity contribution in [1.29, 1.82) is 0 Å². The lowest BCUT2D eigenvalue weighted by Crippen LogP contribution is -2.17. The zero-order valence-corrected chi connectivity index (χ0v) is 14.4. The minimum absolute atomic E-state index is 0.130. The van der Waals surface area contributed by atoms with Crippen molar-refractivity contribution in [1.82, 2.24) is 14.8 Å². The zero-order valence-electron chi connectivity index (χ0n) is 14.4.